The molecule has 1 heterocycles. The lowest BCUT2D eigenvalue weighted by Crippen LogP contribution is -2.27. The number of hydrogen-bond acceptors (Lipinski definition) is 9. The first kappa shape index (κ1) is 20.5. The summed E-state index contributed by atoms with van der Waals surface area (Å²) in [5.41, 5.74) is 11.1. The Balaban J connectivity index is 2.28. The SMILES string of the molecule is CC(CO)OCC(C)OCC(C)OCC(C)c1nc(N)nc(N)n1. The smallest absolute Gasteiger partial charge is 0.225 e. The number of nitrogens with two attached hydrogens (primary N) is 2. The number of hydrogen-bond donors (Lipinski definition) is 3. The largest absolute Gasteiger partial charge is 0.394 e. The molecule has 1 rings (SSSR count). The Morgan fingerprint density at radius 2 is 1.25 bits per heavy atom. The van der Waals surface area contributed by atoms with Crippen LogP contribution >= 0.6 is 0 Å². The lowest BCUT2D eigenvalue weighted by molar-refractivity contribution is -0.0755. The van der Waals surface area contributed by atoms with Crippen molar-refractivity contribution in [3.8, 4) is 0 Å². The van der Waals surface area contributed by atoms with Gasteiger partial charge in [0.05, 0.1) is 44.7 Å². The molecule has 0 fully saturated rings. The van der Waals surface area contributed by atoms with Gasteiger partial charge in [0.1, 0.15) is 5.82 Å². The van der Waals surface area contributed by atoms with E-state index >= 15 is 0 Å². The summed E-state index contributed by atoms with van der Waals surface area (Å²) in [6.45, 7) is 8.84. The number of rotatable bonds is 11. The maximum atomic E-state index is 8.90. The molecule has 0 radical (unpaired) electrons. The highest BCUT2D eigenvalue weighted by Gasteiger charge is 2.14. The van der Waals surface area contributed by atoms with Crippen LogP contribution in [0.2, 0.25) is 0 Å². The highest BCUT2D eigenvalue weighted by molar-refractivity contribution is 5.26. The molecule has 0 aliphatic rings. The topological polar surface area (TPSA) is 139 Å². The molecular formula is C15H29N5O4. The average molecular weight is 343 g/mol. The van der Waals surface area contributed by atoms with E-state index in [2.05, 4.69) is 15.0 Å². The molecule has 138 valence electrons. The summed E-state index contributed by atoms with van der Waals surface area (Å²) in [7, 11) is 0. The molecule has 0 aliphatic carbocycles. The minimum atomic E-state index is -0.189. The Labute approximate surface area is 142 Å². The molecule has 0 aliphatic heterocycles. The van der Waals surface area contributed by atoms with Crippen molar-refractivity contribution in [2.24, 2.45) is 0 Å². The first-order chi connectivity index (χ1) is 11.3. The average Bonchev–Trinajstić information content (AvgIpc) is 2.54. The minimum absolute atomic E-state index is 0.00374. The molecule has 0 amide bonds. The predicted octanol–water partition coefficient (Wildman–Crippen LogP) is 0.347. The summed E-state index contributed by atoms with van der Waals surface area (Å²) in [4.78, 5) is 11.9. The molecule has 9 heteroatoms. The predicted molar refractivity (Wildman–Crippen MR) is 90.4 cm³/mol. The van der Waals surface area contributed by atoms with Crippen LogP contribution in [0.3, 0.4) is 0 Å². The fraction of sp³-hybridized carbons (Fsp3) is 0.800. The monoisotopic (exact) mass is 343 g/mol. The Bertz CT molecular complexity index is 471. The van der Waals surface area contributed by atoms with Crippen LogP contribution in [0, 0.1) is 0 Å². The highest BCUT2D eigenvalue weighted by Crippen LogP contribution is 2.13. The van der Waals surface area contributed by atoms with Gasteiger partial charge >= 0.3 is 0 Å². The van der Waals surface area contributed by atoms with Crippen LogP contribution in [-0.4, -0.2) is 64.8 Å². The Kier molecular flexibility index (Phi) is 8.83. The van der Waals surface area contributed by atoms with Crippen molar-refractivity contribution in [1.29, 1.82) is 0 Å². The molecule has 4 unspecified atom stereocenters. The molecule has 9 nitrogen and oxygen atoms in total. The number of anilines is 2. The van der Waals surface area contributed by atoms with Crippen molar-refractivity contribution in [2.75, 3.05) is 37.9 Å². The van der Waals surface area contributed by atoms with Gasteiger partial charge in [0.25, 0.3) is 0 Å². The third kappa shape index (κ3) is 7.82. The summed E-state index contributed by atoms with van der Waals surface area (Å²) >= 11 is 0. The van der Waals surface area contributed by atoms with Gasteiger partial charge in [0.2, 0.25) is 11.9 Å². The third-order valence-electron chi connectivity index (χ3n) is 3.25. The summed E-state index contributed by atoms with van der Waals surface area (Å²) < 4.78 is 16.8. The van der Waals surface area contributed by atoms with Crippen molar-refractivity contribution >= 4 is 11.9 Å². The molecule has 1 aromatic heterocycles. The van der Waals surface area contributed by atoms with Gasteiger partial charge < -0.3 is 30.8 Å². The van der Waals surface area contributed by atoms with Gasteiger partial charge in [0.15, 0.2) is 0 Å². The standard InChI is InChI=1S/C15H29N5O4/c1-9(13-18-14(16)20-15(17)19-13)6-22-11(3)8-24-12(4)7-23-10(2)5-21/h9-12,21H,5-8H2,1-4H3,(H4,16,17,18,19,20). The molecular weight excluding hydrogens is 314 g/mol. The van der Waals surface area contributed by atoms with Crippen LogP contribution in [0.25, 0.3) is 0 Å². The van der Waals surface area contributed by atoms with Crippen molar-refractivity contribution in [3.05, 3.63) is 5.82 Å². The number of aliphatic hydroxyl groups is 1. The molecule has 0 saturated heterocycles. The van der Waals surface area contributed by atoms with Crippen LogP contribution in [0.15, 0.2) is 0 Å². The van der Waals surface area contributed by atoms with E-state index in [-0.39, 0.29) is 42.7 Å². The van der Waals surface area contributed by atoms with E-state index in [0.717, 1.165) is 0 Å². The van der Waals surface area contributed by atoms with E-state index in [9.17, 15) is 0 Å². The Morgan fingerprint density at radius 3 is 1.75 bits per heavy atom. The summed E-state index contributed by atoms with van der Waals surface area (Å²) in [6, 6.07) is 0. The summed E-state index contributed by atoms with van der Waals surface area (Å²) in [6.07, 6.45) is -0.363. The van der Waals surface area contributed by atoms with Crippen LogP contribution in [-0.2, 0) is 14.2 Å². The lowest BCUT2D eigenvalue weighted by Gasteiger charge is -2.20. The van der Waals surface area contributed by atoms with Gasteiger partial charge in [-0.05, 0) is 20.8 Å². The van der Waals surface area contributed by atoms with Gasteiger partial charge in [-0.25, -0.2) is 0 Å². The van der Waals surface area contributed by atoms with E-state index in [4.69, 9.17) is 30.8 Å². The van der Waals surface area contributed by atoms with Crippen molar-refractivity contribution in [1.82, 2.24) is 15.0 Å². The highest BCUT2D eigenvalue weighted by atomic mass is 16.6. The fourth-order valence-electron chi connectivity index (χ4n) is 1.78. The minimum Gasteiger partial charge on any atom is -0.394 e. The van der Waals surface area contributed by atoms with Crippen molar-refractivity contribution in [2.45, 2.75) is 51.9 Å². The molecule has 4 atom stereocenters. The van der Waals surface area contributed by atoms with E-state index in [0.29, 0.717) is 25.6 Å². The zero-order chi connectivity index (χ0) is 18.1. The molecule has 0 bridgehead atoms. The number of aromatic nitrogens is 3. The second-order valence-electron chi connectivity index (χ2n) is 5.93. The summed E-state index contributed by atoms with van der Waals surface area (Å²) in [5, 5.41) is 8.90. The van der Waals surface area contributed by atoms with Crippen LogP contribution < -0.4 is 11.5 Å². The van der Waals surface area contributed by atoms with Crippen LogP contribution in [0.5, 0.6) is 0 Å². The zero-order valence-electron chi connectivity index (χ0n) is 14.8. The quantitative estimate of drug-likeness (QED) is 0.519. The van der Waals surface area contributed by atoms with E-state index < -0.39 is 0 Å². The molecule has 24 heavy (non-hydrogen) atoms. The number of nitrogens with zero attached hydrogens (tertiary/aromatic N) is 3. The van der Waals surface area contributed by atoms with Crippen LogP contribution in [0.4, 0.5) is 11.9 Å². The van der Waals surface area contributed by atoms with Crippen molar-refractivity contribution < 1.29 is 19.3 Å². The fourth-order valence-corrected chi connectivity index (χ4v) is 1.78. The number of aliphatic hydroxyl groups excluding tert-OH is 1. The van der Waals surface area contributed by atoms with Gasteiger partial charge in [-0.15, -0.1) is 0 Å². The Morgan fingerprint density at radius 1 is 0.792 bits per heavy atom. The molecule has 0 spiro atoms. The number of nitrogen functional groups attached to an aromatic ring is 2. The van der Waals surface area contributed by atoms with Crippen LogP contribution in [0.1, 0.15) is 39.4 Å². The van der Waals surface area contributed by atoms with E-state index in [1.54, 1.807) is 6.92 Å². The zero-order valence-corrected chi connectivity index (χ0v) is 14.8. The van der Waals surface area contributed by atoms with Crippen molar-refractivity contribution in [3.63, 3.8) is 0 Å². The Hall–Kier alpha value is -1.55. The number of ether oxygens (including phenoxy) is 3. The molecule has 5 N–H and O–H groups in total. The first-order valence-electron chi connectivity index (χ1n) is 8.04. The summed E-state index contributed by atoms with van der Waals surface area (Å²) in [5.74, 6) is 0.650. The van der Waals surface area contributed by atoms with E-state index in [1.807, 2.05) is 20.8 Å². The molecule has 0 aromatic carbocycles. The van der Waals surface area contributed by atoms with E-state index in [1.165, 1.54) is 0 Å². The normalized spacial score (nSPS) is 16.5. The maximum Gasteiger partial charge on any atom is 0.225 e. The van der Waals surface area contributed by atoms with Gasteiger partial charge in [-0.1, -0.05) is 6.92 Å². The van der Waals surface area contributed by atoms with Gasteiger partial charge in [-0.2, -0.15) is 15.0 Å². The van der Waals surface area contributed by atoms with Gasteiger partial charge in [0, 0.05) is 5.92 Å². The second kappa shape index (κ2) is 10.3. The molecule has 1 aromatic rings. The maximum absolute atomic E-state index is 8.90. The second-order valence-corrected chi connectivity index (χ2v) is 5.93. The van der Waals surface area contributed by atoms with Gasteiger partial charge in [-0.3, -0.25) is 0 Å². The molecule has 0 saturated carbocycles. The lowest BCUT2D eigenvalue weighted by atomic mass is 10.2. The first-order valence-corrected chi connectivity index (χ1v) is 8.04. The third-order valence-corrected chi connectivity index (χ3v) is 3.25.